The normalized spacial score (nSPS) is 12.0. The van der Waals surface area contributed by atoms with Gasteiger partial charge in [-0.25, -0.2) is 18.7 Å². The van der Waals surface area contributed by atoms with Crippen molar-refractivity contribution in [2.75, 3.05) is 105 Å². The maximum atomic E-state index is 12.0. The number of Topliss-reactive ketones (excluding diaryl/α,β-unsaturated/α-hetero) is 4. The number of benzene rings is 8. The number of aromatic nitrogens is 10. The zero-order valence-corrected chi connectivity index (χ0v) is 80.1. The highest BCUT2D eigenvalue weighted by Crippen LogP contribution is 2.40. The first-order valence-corrected chi connectivity index (χ1v) is 43.7. The molecule has 0 bridgehead atoms. The first-order chi connectivity index (χ1) is 62.4. The topological polar surface area (TPSA) is 269 Å². The summed E-state index contributed by atoms with van der Waals surface area (Å²) in [6.07, 6.45) is 4.15. The Morgan fingerprint density at radius 2 is 0.748 bits per heavy atom. The number of fused-ring (bicyclic) bond motifs is 1. The van der Waals surface area contributed by atoms with E-state index >= 15 is 0 Å². The molecule has 14 rings (SSSR count). The molecule has 6 heterocycles. The molecule has 0 spiro atoms. The monoisotopic (exact) mass is 1780 g/mol. The molecular formula is C103H125N13O15. The van der Waals surface area contributed by atoms with Gasteiger partial charge in [0.25, 0.3) is 0 Å². The Kier molecular flexibility index (Phi) is 32.5. The summed E-state index contributed by atoms with van der Waals surface area (Å²) in [5.74, 6) is 4.72. The number of carbonyl (C=O) groups is 4. The molecule has 28 nitrogen and oxygen atoms in total. The molecule has 131 heavy (non-hydrogen) atoms. The Bertz CT molecular complexity index is 6050. The van der Waals surface area contributed by atoms with Crippen LogP contribution in [0.2, 0.25) is 0 Å². The van der Waals surface area contributed by atoms with E-state index in [0.29, 0.717) is 58.2 Å². The van der Waals surface area contributed by atoms with Gasteiger partial charge in [0.15, 0.2) is 23.1 Å². The first-order valence-electron chi connectivity index (χ1n) is 43.7. The fourth-order valence-corrected chi connectivity index (χ4v) is 13.8. The van der Waals surface area contributed by atoms with Crippen molar-refractivity contribution in [2.45, 2.75) is 165 Å². The summed E-state index contributed by atoms with van der Waals surface area (Å²) < 4.78 is 71.8. The highest BCUT2D eigenvalue weighted by molar-refractivity contribution is 5.87. The molecule has 1 fully saturated rings. The summed E-state index contributed by atoms with van der Waals surface area (Å²) in [4.78, 5) is 54.0. The number of anilines is 3. The lowest BCUT2D eigenvalue weighted by atomic mass is 10.1. The lowest BCUT2D eigenvalue weighted by Crippen LogP contribution is -2.37. The maximum absolute atomic E-state index is 12.0. The van der Waals surface area contributed by atoms with Crippen molar-refractivity contribution in [1.29, 1.82) is 0 Å². The molecule has 1 saturated heterocycles. The van der Waals surface area contributed by atoms with E-state index in [1.807, 2.05) is 209 Å². The van der Waals surface area contributed by atoms with Gasteiger partial charge in [0, 0.05) is 105 Å². The molecule has 0 saturated carbocycles. The van der Waals surface area contributed by atoms with Crippen LogP contribution in [0, 0.1) is 0 Å². The lowest BCUT2D eigenvalue weighted by Gasteiger charge is -2.34. The molecule has 692 valence electrons. The van der Waals surface area contributed by atoms with Gasteiger partial charge in [0.1, 0.15) is 62.7 Å². The summed E-state index contributed by atoms with van der Waals surface area (Å²) >= 11 is 0. The Morgan fingerprint density at radius 3 is 1.13 bits per heavy atom. The molecule has 0 aliphatic carbocycles. The zero-order valence-electron chi connectivity index (χ0n) is 80.1. The molecule has 0 atom stereocenters. The molecular weight excluding hydrogens is 1660 g/mol. The second kappa shape index (κ2) is 43.3. The van der Waals surface area contributed by atoms with Crippen LogP contribution >= 0.6 is 0 Å². The van der Waals surface area contributed by atoms with Gasteiger partial charge >= 0.3 is 0 Å². The Hall–Kier alpha value is -13.4. The van der Waals surface area contributed by atoms with Crippen LogP contribution in [0.25, 0.3) is 78.7 Å². The molecule has 8 aromatic carbocycles. The number of aryl methyl sites for hydroxylation is 1. The lowest BCUT2D eigenvalue weighted by molar-refractivity contribution is -0.140. The van der Waals surface area contributed by atoms with Crippen molar-refractivity contribution in [3.05, 3.63) is 223 Å². The summed E-state index contributed by atoms with van der Waals surface area (Å²) in [5.41, 5.74) is 14.7. The van der Waals surface area contributed by atoms with Gasteiger partial charge in [-0.15, -0.1) is 0 Å². The Morgan fingerprint density at radius 1 is 0.374 bits per heavy atom. The predicted octanol–water partition coefficient (Wildman–Crippen LogP) is 19.2. The SMILES string of the molecule is CCCn1ncc2ccc(-c3cc(COC(C)(C)C(C)=O)nn3-c3ccccc3N3CCC3)cc21.CCOc1cccc(-n2nc(COC(C)(C)C(C)=O)cc2-c2cc(OC)cc(OC)c2)c1.COc1cc(OC)cc(-c2cc(COC(C)(C)C(C)=O)nn2-c2cccc(N(C)C)c2)c1.COc1cc(OC)cc(-c2cc(COC(C)(C)C(C)=O)nn2-c2ccccc2N(C)C)c1. The molecule has 28 heteroatoms. The average molecular weight is 1790 g/mol. The number of carbonyl (C=O) groups excluding carboxylic acids is 4. The average Bonchev–Trinajstić information content (AvgIpc) is 1.66. The van der Waals surface area contributed by atoms with E-state index in [1.54, 1.807) is 105 Å². The summed E-state index contributed by atoms with van der Waals surface area (Å²) in [6.45, 7) is 28.8. The second-order valence-corrected chi connectivity index (χ2v) is 34.2. The van der Waals surface area contributed by atoms with Gasteiger partial charge in [0.05, 0.1) is 167 Å². The van der Waals surface area contributed by atoms with E-state index in [9.17, 15) is 19.2 Å². The predicted molar refractivity (Wildman–Crippen MR) is 514 cm³/mol. The number of hydrogen-bond acceptors (Lipinski definition) is 23. The quantitative estimate of drug-likeness (QED) is 0.0350. The molecule has 0 radical (unpaired) electrons. The molecule has 13 aromatic rings. The number of ketones is 4. The van der Waals surface area contributed by atoms with Gasteiger partial charge < -0.3 is 66.8 Å². The van der Waals surface area contributed by atoms with Crippen LogP contribution in [-0.2, 0) is 71.1 Å². The highest BCUT2D eigenvalue weighted by Gasteiger charge is 2.31. The van der Waals surface area contributed by atoms with E-state index in [2.05, 4.69) is 76.2 Å². The highest BCUT2D eigenvalue weighted by atomic mass is 16.5. The summed E-state index contributed by atoms with van der Waals surface area (Å²) in [7, 11) is 17.7. The van der Waals surface area contributed by atoms with Crippen LogP contribution < -0.4 is 47.9 Å². The van der Waals surface area contributed by atoms with Crippen LogP contribution in [0.15, 0.2) is 200 Å². The van der Waals surface area contributed by atoms with Gasteiger partial charge in [0.2, 0.25) is 0 Å². The molecule has 0 unspecified atom stereocenters. The minimum atomic E-state index is -0.891. The third-order valence-corrected chi connectivity index (χ3v) is 22.9. The number of hydrogen-bond donors (Lipinski definition) is 0. The number of para-hydroxylation sites is 4. The van der Waals surface area contributed by atoms with Crippen LogP contribution in [0.3, 0.4) is 0 Å². The first kappa shape index (κ1) is 98.2. The van der Waals surface area contributed by atoms with Crippen LogP contribution in [0.1, 0.15) is 133 Å². The van der Waals surface area contributed by atoms with Crippen molar-refractivity contribution in [3.63, 3.8) is 0 Å². The molecule has 0 N–H and O–H groups in total. The van der Waals surface area contributed by atoms with Crippen molar-refractivity contribution < 1.29 is 71.3 Å². The third kappa shape index (κ3) is 24.4. The standard InChI is InChI=1S/C28H33N5O2.2C25H31N3O4.C25H30N2O5/c1-5-13-32-26-16-21(11-12-22(26)18-29-32)27-17-23(19-35-28(3,4)20(2)34)30-33(27)25-10-7-6-9-24(25)31-14-8-15-31;1-17(29)25(2,3)32-16-19-13-24(18-11-22(30-6)15-23(12-18)31-7)28(26-19)21-10-8-9-20(14-21)27(4)5;1-17(29)25(2,3)32-16-19-14-24(18-12-20(30-6)15-21(13-18)31-7)28(26-19)23-11-9-8-10-22(23)27(4)5;1-7-31-21-10-8-9-20(14-21)27-24(18-11-22(29-5)15-23(12-18)30-6)13-19(26-27)16-32-25(3,4)17(2)28/h6-7,9-12,16-18H,5,8,13-15,19H2,1-4H3;2*8-15H,16H2,1-7H3;8-15H,7,16H2,1-6H3. The second-order valence-electron chi connectivity index (χ2n) is 34.2. The minimum absolute atomic E-state index is 0.00470. The van der Waals surface area contributed by atoms with Gasteiger partial charge in [-0.05, 0) is 224 Å². The van der Waals surface area contributed by atoms with Crippen LogP contribution in [-0.4, -0.2) is 185 Å². The largest absolute Gasteiger partial charge is 0.497 e. The number of rotatable bonds is 37. The van der Waals surface area contributed by atoms with Gasteiger partial charge in [-0.2, -0.15) is 25.5 Å². The van der Waals surface area contributed by atoms with Crippen molar-refractivity contribution in [3.8, 4) is 108 Å². The summed E-state index contributed by atoms with van der Waals surface area (Å²) in [5, 5.41) is 25.1. The van der Waals surface area contributed by atoms with E-state index < -0.39 is 22.4 Å². The van der Waals surface area contributed by atoms with Crippen molar-refractivity contribution in [2.24, 2.45) is 0 Å². The molecule has 0 amide bonds. The Labute approximate surface area is 768 Å². The minimum Gasteiger partial charge on any atom is -0.497 e. The fourth-order valence-electron chi connectivity index (χ4n) is 13.8. The third-order valence-electron chi connectivity index (χ3n) is 22.9. The van der Waals surface area contributed by atoms with E-state index in [-0.39, 0.29) is 49.6 Å². The van der Waals surface area contributed by atoms with E-state index in [1.165, 1.54) is 32.9 Å². The van der Waals surface area contributed by atoms with E-state index in [0.717, 1.165) is 128 Å². The maximum Gasteiger partial charge on any atom is 0.161 e. The molecule has 1 aliphatic rings. The number of ether oxygens (including phenoxy) is 11. The van der Waals surface area contributed by atoms with Gasteiger partial charge in [-0.1, -0.05) is 55.5 Å². The molecule has 1 aliphatic heterocycles. The summed E-state index contributed by atoms with van der Waals surface area (Å²) in [6, 6.07) is 63.8. The molecule has 5 aromatic heterocycles. The smallest absolute Gasteiger partial charge is 0.161 e. The van der Waals surface area contributed by atoms with E-state index in [4.69, 9.17) is 72.5 Å². The number of methoxy groups -OCH3 is 6. The van der Waals surface area contributed by atoms with Gasteiger partial charge in [-0.3, -0.25) is 23.9 Å². The van der Waals surface area contributed by atoms with Crippen LogP contribution in [0.4, 0.5) is 17.1 Å². The van der Waals surface area contributed by atoms with Crippen molar-refractivity contribution >= 4 is 51.1 Å². The Balaban J connectivity index is 0.000000169. The van der Waals surface area contributed by atoms with Crippen LogP contribution in [0.5, 0.6) is 40.2 Å². The zero-order chi connectivity index (χ0) is 94.8. The fraction of sp³-hybridized carbons (Fsp3) is 0.369. The number of nitrogens with zero attached hydrogens (tertiary/aromatic N) is 13. The van der Waals surface area contributed by atoms with Crippen molar-refractivity contribution in [1.82, 2.24) is 48.9 Å².